The number of rotatable bonds is 3. The summed E-state index contributed by atoms with van der Waals surface area (Å²) in [6.07, 6.45) is 2.16. The van der Waals surface area contributed by atoms with Crippen LogP contribution in [0.3, 0.4) is 0 Å². The third-order valence-electron chi connectivity index (χ3n) is 5.12. The summed E-state index contributed by atoms with van der Waals surface area (Å²) in [7, 11) is 2.10. The number of hydrogen-bond donors (Lipinski definition) is 2. The molecule has 140 valence electrons. The van der Waals surface area contributed by atoms with Crippen molar-refractivity contribution < 1.29 is 9.50 Å². The first-order valence-corrected chi connectivity index (χ1v) is 9.22. The van der Waals surface area contributed by atoms with Crippen LogP contribution >= 0.6 is 0 Å². The van der Waals surface area contributed by atoms with Gasteiger partial charge in [0.2, 0.25) is 0 Å². The maximum atomic E-state index is 14.0. The molecule has 6 heteroatoms. The molecule has 1 unspecified atom stereocenters. The molecule has 2 heterocycles. The predicted octanol–water partition coefficient (Wildman–Crippen LogP) is 3.96. The maximum absolute atomic E-state index is 14.0. The zero-order valence-electron chi connectivity index (χ0n) is 15.5. The first kappa shape index (κ1) is 17.7. The van der Waals surface area contributed by atoms with Gasteiger partial charge in [0, 0.05) is 28.9 Å². The van der Waals surface area contributed by atoms with E-state index in [9.17, 15) is 9.50 Å². The van der Waals surface area contributed by atoms with Gasteiger partial charge in [0.05, 0.1) is 0 Å². The molecule has 0 amide bonds. The Bertz CT molecular complexity index is 991. The van der Waals surface area contributed by atoms with Gasteiger partial charge in [-0.1, -0.05) is 6.07 Å². The SMILES string of the molecule is Cc1ccc(-c2nnc(NC3CCCN(C)C3)c3cc(F)ccc23)c(O)c1. The number of nitrogens with zero attached hydrogens (tertiary/aromatic N) is 3. The number of aryl methyl sites for hydroxylation is 1. The van der Waals surface area contributed by atoms with Crippen molar-refractivity contribution in [1.29, 1.82) is 0 Å². The fourth-order valence-electron chi connectivity index (χ4n) is 3.75. The molecule has 1 aliphatic heterocycles. The van der Waals surface area contributed by atoms with Crippen molar-refractivity contribution in [3.8, 4) is 17.0 Å². The molecular formula is C21H23FN4O. The Hall–Kier alpha value is -2.73. The van der Waals surface area contributed by atoms with E-state index in [2.05, 4.69) is 27.5 Å². The minimum absolute atomic E-state index is 0.143. The number of halogens is 1. The number of hydrogen-bond acceptors (Lipinski definition) is 5. The fraction of sp³-hybridized carbons (Fsp3) is 0.333. The summed E-state index contributed by atoms with van der Waals surface area (Å²) < 4.78 is 14.0. The Morgan fingerprint density at radius 2 is 2.00 bits per heavy atom. The van der Waals surface area contributed by atoms with Gasteiger partial charge in [0.1, 0.15) is 17.3 Å². The van der Waals surface area contributed by atoms with E-state index in [-0.39, 0.29) is 17.6 Å². The van der Waals surface area contributed by atoms with Crippen LogP contribution in [0.5, 0.6) is 5.75 Å². The zero-order valence-corrected chi connectivity index (χ0v) is 15.5. The molecule has 0 saturated carbocycles. The highest BCUT2D eigenvalue weighted by Gasteiger charge is 2.20. The molecule has 27 heavy (non-hydrogen) atoms. The van der Waals surface area contributed by atoms with Gasteiger partial charge in [-0.05, 0) is 69.3 Å². The van der Waals surface area contributed by atoms with Crippen LogP contribution in [0.1, 0.15) is 18.4 Å². The monoisotopic (exact) mass is 366 g/mol. The lowest BCUT2D eigenvalue weighted by atomic mass is 10.0. The van der Waals surface area contributed by atoms with E-state index in [4.69, 9.17) is 0 Å². The van der Waals surface area contributed by atoms with E-state index in [1.165, 1.54) is 12.1 Å². The van der Waals surface area contributed by atoms with Crippen molar-refractivity contribution in [2.45, 2.75) is 25.8 Å². The van der Waals surface area contributed by atoms with Crippen molar-refractivity contribution in [1.82, 2.24) is 15.1 Å². The molecule has 1 atom stereocenters. The van der Waals surface area contributed by atoms with Gasteiger partial charge in [0.15, 0.2) is 5.82 Å². The second kappa shape index (κ2) is 7.12. The third-order valence-corrected chi connectivity index (χ3v) is 5.12. The van der Waals surface area contributed by atoms with Gasteiger partial charge >= 0.3 is 0 Å². The summed E-state index contributed by atoms with van der Waals surface area (Å²) in [6, 6.07) is 10.3. The second-order valence-corrected chi connectivity index (χ2v) is 7.35. The number of fused-ring (bicyclic) bond motifs is 1. The van der Waals surface area contributed by atoms with Crippen LogP contribution in [0.2, 0.25) is 0 Å². The van der Waals surface area contributed by atoms with Crippen LogP contribution < -0.4 is 5.32 Å². The van der Waals surface area contributed by atoms with Gasteiger partial charge in [0.25, 0.3) is 0 Å². The summed E-state index contributed by atoms with van der Waals surface area (Å²) in [5.41, 5.74) is 2.10. The zero-order chi connectivity index (χ0) is 19.0. The maximum Gasteiger partial charge on any atom is 0.156 e. The smallest absolute Gasteiger partial charge is 0.156 e. The highest BCUT2D eigenvalue weighted by Crippen LogP contribution is 2.35. The van der Waals surface area contributed by atoms with Gasteiger partial charge in [-0.3, -0.25) is 0 Å². The quantitative estimate of drug-likeness (QED) is 0.735. The third kappa shape index (κ3) is 3.57. The minimum atomic E-state index is -0.321. The highest BCUT2D eigenvalue weighted by atomic mass is 19.1. The lowest BCUT2D eigenvalue weighted by Crippen LogP contribution is -2.40. The molecule has 1 fully saturated rings. The van der Waals surface area contributed by atoms with E-state index >= 15 is 0 Å². The Kier molecular flexibility index (Phi) is 4.66. The van der Waals surface area contributed by atoms with E-state index in [1.807, 2.05) is 19.1 Å². The number of piperidine rings is 1. The number of nitrogens with one attached hydrogen (secondary N) is 1. The molecule has 0 spiro atoms. The fourth-order valence-corrected chi connectivity index (χ4v) is 3.75. The Morgan fingerprint density at radius 3 is 2.78 bits per heavy atom. The molecule has 0 aliphatic carbocycles. The van der Waals surface area contributed by atoms with Crippen LogP contribution in [0.4, 0.5) is 10.2 Å². The van der Waals surface area contributed by atoms with Crippen molar-refractivity contribution in [2.75, 3.05) is 25.5 Å². The number of benzene rings is 2. The van der Waals surface area contributed by atoms with E-state index < -0.39 is 0 Å². The van der Waals surface area contributed by atoms with Crippen LogP contribution in [0.15, 0.2) is 36.4 Å². The summed E-state index contributed by atoms with van der Waals surface area (Å²) in [5.74, 6) is 0.406. The number of aromatic nitrogens is 2. The van der Waals surface area contributed by atoms with Crippen molar-refractivity contribution in [2.24, 2.45) is 0 Å². The summed E-state index contributed by atoms with van der Waals surface area (Å²) in [6.45, 7) is 3.92. The molecule has 0 bridgehead atoms. The van der Waals surface area contributed by atoms with Crippen LogP contribution in [-0.2, 0) is 0 Å². The number of phenols is 1. The standard InChI is InChI=1S/C21H23FN4O/c1-13-5-7-17(19(27)10-13)20-16-8-6-14(22)11-18(16)21(25-24-20)23-15-4-3-9-26(2)12-15/h5-8,10-11,15,27H,3-4,9,12H2,1-2H3,(H,23,25). The molecule has 3 aromatic rings. The van der Waals surface area contributed by atoms with Crippen molar-refractivity contribution >= 4 is 16.6 Å². The van der Waals surface area contributed by atoms with E-state index in [1.54, 1.807) is 12.1 Å². The lowest BCUT2D eigenvalue weighted by Gasteiger charge is -2.30. The van der Waals surface area contributed by atoms with Gasteiger partial charge < -0.3 is 15.3 Å². The summed E-state index contributed by atoms with van der Waals surface area (Å²) in [5, 5.41) is 24.0. The van der Waals surface area contributed by atoms with Gasteiger partial charge in [-0.2, -0.15) is 0 Å². The second-order valence-electron chi connectivity index (χ2n) is 7.35. The largest absolute Gasteiger partial charge is 0.507 e. The van der Waals surface area contributed by atoms with E-state index in [0.717, 1.165) is 36.9 Å². The molecular weight excluding hydrogens is 343 g/mol. The van der Waals surface area contributed by atoms with Crippen LogP contribution in [0, 0.1) is 12.7 Å². The van der Waals surface area contributed by atoms with Crippen molar-refractivity contribution in [3.63, 3.8) is 0 Å². The normalized spacial score (nSPS) is 18.0. The Balaban J connectivity index is 1.79. The first-order valence-electron chi connectivity index (χ1n) is 9.22. The molecule has 1 aromatic heterocycles. The number of likely N-dealkylation sites (tertiary alicyclic amines) is 1. The lowest BCUT2D eigenvalue weighted by molar-refractivity contribution is 0.261. The number of anilines is 1. The predicted molar refractivity (Wildman–Crippen MR) is 105 cm³/mol. The average molecular weight is 366 g/mol. The molecule has 1 aliphatic rings. The van der Waals surface area contributed by atoms with Gasteiger partial charge in [-0.15, -0.1) is 10.2 Å². The highest BCUT2D eigenvalue weighted by molar-refractivity contribution is 6.01. The molecule has 0 radical (unpaired) electrons. The molecule has 2 N–H and O–H groups in total. The molecule has 5 nitrogen and oxygen atoms in total. The Morgan fingerprint density at radius 1 is 1.15 bits per heavy atom. The first-order chi connectivity index (χ1) is 13.0. The van der Waals surface area contributed by atoms with E-state index in [0.29, 0.717) is 22.5 Å². The molecule has 2 aromatic carbocycles. The number of likely N-dealkylation sites (N-methyl/N-ethyl adjacent to an activating group) is 1. The number of phenolic OH excluding ortho intramolecular Hbond substituents is 1. The summed E-state index contributed by atoms with van der Waals surface area (Å²) in [4.78, 5) is 2.27. The molecule has 1 saturated heterocycles. The number of aromatic hydroxyl groups is 1. The topological polar surface area (TPSA) is 61.3 Å². The minimum Gasteiger partial charge on any atom is -0.507 e. The summed E-state index contributed by atoms with van der Waals surface area (Å²) >= 11 is 0. The van der Waals surface area contributed by atoms with Crippen LogP contribution in [0.25, 0.3) is 22.0 Å². The average Bonchev–Trinajstić information content (AvgIpc) is 2.63. The molecule has 4 rings (SSSR count). The Labute approximate surface area is 157 Å². The van der Waals surface area contributed by atoms with Crippen LogP contribution in [-0.4, -0.2) is 46.4 Å². The van der Waals surface area contributed by atoms with Gasteiger partial charge in [-0.25, -0.2) is 4.39 Å². The van der Waals surface area contributed by atoms with Crippen molar-refractivity contribution in [3.05, 3.63) is 47.8 Å².